The predicted octanol–water partition coefficient (Wildman–Crippen LogP) is 4.32. The average molecular weight is 424 g/mol. The van der Waals surface area contributed by atoms with Gasteiger partial charge in [0.1, 0.15) is 6.10 Å². The molecule has 0 saturated carbocycles. The van der Waals surface area contributed by atoms with Gasteiger partial charge in [-0.3, -0.25) is 9.59 Å². The zero-order valence-corrected chi connectivity index (χ0v) is 17.2. The molecule has 1 amide bonds. The second kappa shape index (κ2) is 9.22. The molecule has 1 aliphatic rings. The Morgan fingerprint density at radius 2 is 1.77 bits per heavy atom. The van der Waals surface area contributed by atoms with E-state index in [-0.39, 0.29) is 30.6 Å². The molecule has 0 unspecified atom stereocenters. The van der Waals surface area contributed by atoms with Crippen molar-refractivity contribution in [3.63, 3.8) is 0 Å². The van der Waals surface area contributed by atoms with Gasteiger partial charge in [-0.05, 0) is 30.3 Å². The monoisotopic (exact) mass is 423 g/mol. The van der Waals surface area contributed by atoms with Crippen molar-refractivity contribution in [2.75, 3.05) is 13.1 Å². The first kappa shape index (κ1) is 20.3. The number of carbonyl (C=O) groups is 2. The molecular formula is C23H22ClN3O3. The summed E-state index contributed by atoms with van der Waals surface area (Å²) in [4.78, 5) is 26.6. The first-order valence-electron chi connectivity index (χ1n) is 10.0. The lowest BCUT2D eigenvalue weighted by Crippen LogP contribution is -2.42. The van der Waals surface area contributed by atoms with Crippen molar-refractivity contribution in [3.8, 4) is 5.88 Å². The van der Waals surface area contributed by atoms with Crippen molar-refractivity contribution in [2.24, 2.45) is 0 Å². The number of benzene rings is 2. The number of Topliss-reactive ketones (excluding diaryl/α,β-unsaturated/α-hetero) is 1. The SMILES string of the molecule is O=C(CCC(=O)N1CCC(Oc2nncc3ccccc23)CC1)c1ccc(Cl)cc1. The third-order valence-corrected chi connectivity index (χ3v) is 5.59. The van der Waals surface area contributed by atoms with Crippen LogP contribution in [-0.2, 0) is 4.79 Å². The van der Waals surface area contributed by atoms with Crippen LogP contribution in [0, 0.1) is 0 Å². The van der Waals surface area contributed by atoms with Crippen LogP contribution >= 0.6 is 11.6 Å². The molecular weight excluding hydrogens is 402 g/mol. The van der Waals surface area contributed by atoms with Gasteiger partial charge in [0.15, 0.2) is 5.78 Å². The van der Waals surface area contributed by atoms with Crippen LogP contribution in [0.25, 0.3) is 10.8 Å². The van der Waals surface area contributed by atoms with Crippen molar-refractivity contribution in [1.29, 1.82) is 0 Å². The van der Waals surface area contributed by atoms with Crippen LogP contribution in [-0.4, -0.2) is 46.0 Å². The van der Waals surface area contributed by atoms with E-state index in [4.69, 9.17) is 16.3 Å². The van der Waals surface area contributed by atoms with Crippen molar-refractivity contribution < 1.29 is 14.3 Å². The number of carbonyl (C=O) groups excluding carboxylic acids is 2. The molecule has 0 N–H and O–H groups in total. The predicted molar refractivity (Wildman–Crippen MR) is 115 cm³/mol. The van der Waals surface area contributed by atoms with Gasteiger partial charge in [-0.15, -0.1) is 5.10 Å². The second-order valence-corrected chi connectivity index (χ2v) is 7.80. The number of nitrogens with zero attached hydrogens (tertiary/aromatic N) is 3. The highest BCUT2D eigenvalue weighted by atomic mass is 35.5. The first-order chi connectivity index (χ1) is 14.6. The summed E-state index contributed by atoms with van der Waals surface area (Å²) in [5, 5.41) is 10.7. The molecule has 30 heavy (non-hydrogen) atoms. The summed E-state index contributed by atoms with van der Waals surface area (Å²) >= 11 is 5.85. The Balaban J connectivity index is 1.27. The number of rotatable bonds is 6. The van der Waals surface area contributed by atoms with Gasteiger partial charge in [-0.25, -0.2) is 0 Å². The van der Waals surface area contributed by atoms with E-state index in [2.05, 4.69) is 10.2 Å². The number of fused-ring (bicyclic) bond motifs is 1. The molecule has 0 bridgehead atoms. The fraction of sp³-hybridized carbons (Fsp3) is 0.304. The summed E-state index contributed by atoms with van der Waals surface area (Å²) in [6.07, 6.45) is 3.56. The molecule has 2 aromatic carbocycles. The maximum absolute atomic E-state index is 12.5. The highest BCUT2D eigenvalue weighted by Gasteiger charge is 2.25. The summed E-state index contributed by atoms with van der Waals surface area (Å²) in [6, 6.07) is 14.6. The van der Waals surface area contributed by atoms with Crippen LogP contribution < -0.4 is 4.74 Å². The summed E-state index contributed by atoms with van der Waals surface area (Å²) in [5.74, 6) is 0.486. The molecule has 0 spiro atoms. The minimum atomic E-state index is -0.0484. The Bertz CT molecular complexity index is 1040. The van der Waals surface area contributed by atoms with E-state index in [0.29, 0.717) is 29.6 Å². The number of likely N-dealkylation sites (tertiary alicyclic amines) is 1. The fourth-order valence-electron chi connectivity index (χ4n) is 3.63. The van der Waals surface area contributed by atoms with Gasteiger partial charge in [-0.2, -0.15) is 5.10 Å². The lowest BCUT2D eigenvalue weighted by molar-refractivity contribution is -0.132. The van der Waals surface area contributed by atoms with Crippen LogP contribution in [0.5, 0.6) is 5.88 Å². The number of piperidine rings is 1. The van der Waals surface area contributed by atoms with Crippen LogP contribution in [0.15, 0.2) is 54.7 Å². The molecule has 3 aromatic rings. The van der Waals surface area contributed by atoms with Crippen molar-refractivity contribution in [1.82, 2.24) is 15.1 Å². The highest BCUT2D eigenvalue weighted by molar-refractivity contribution is 6.30. The van der Waals surface area contributed by atoms with Gasteiger partial charge < -0.3 is 9.64 Å². The summed E-state index contributed by atoms with van der Waals surface area (Å²) in [5.41, 5.74) is 0.579. The van der Waals surface area contributed by atoms with E-state index in [1.54, 1.807) is 30.5 Å². The van der Waals surface area contributed by atoms with Gasteiger partial charge in [-0.1, -0.05) is 29.8 Å². The second-order valence-electron chi connectivity index (χ2n) is 7.37. The van der Waals surface area contributed by atoms with E-state index in [0.717, 1.165) is 23.6 Å². The van der Waals surface area contributed by atoms with E-state index in [9.17, 15) is 9.59 Å². The van der Waals surface area contributed by atoms with E-state index >= 15 is 0 Å². The van der Waals surface area contributed by atoms with Crippen molar-refractivity contribution in [2.45, 2.75) is 31.8 Å². The minimum Gasteiger partial charge on any atom is -0.473 e. The first-order valence-corrected chi connectivity index (χ1v) is 10.4. The Hall–Kier alpha value is -2.99. The van der Waals surface area contributed by atoms with Crippen molar-refractivity contribution >= 4 is 34.1 Å². The van der Waals surface area contributed by atoms with Crippen LogP contribution in [0.1, 0.15) is 36.0 Å². The zero-order valence-electron chi connectivity index (χ0n) is 16.5. The molecule has 0 aliphatic carbocycles. The molecule has 1 aliphatic heterocycles. The lowest BCUT2D eigenvalue weighted by Gasteiger charge is -2.32. The number of ether oxygens (including phenoxy) is 1. The molecule has 1 saturated heterocycles. The van der Waals surface area contributed by atoms with E-state index < -0.39 is 0 Å². The molecule has 1 fully saturated rings. The maximum Gasteiger partial charge on any atom is 0.241 e. The fourth-order valence-corrected chi connectivity index (χ4v) is 3.75. The quantitative estimate of drug-likeness (QED) is 0.552. The molecule has 0 radical (unpaired) electrons. The number of ketones is 1. The Morgan fingerprint density at radius 1 is 1.03 bits per heavy atom. The minimum absolute atomic E-state index is 0.000663. The number of hydrogen-bond donors (Lipinski definition) is 0. The maximum atomic E-state index is 12.5. The lowest BCUT2D eigenvalue weighted by atomic mass is 10.0. The largest absolute Gasteiger partial charge is 0.473 e. The van der Waals surface area contributed by atoms with Gasteiger partial charge in [0.05, 0.1) is 6.20 Å². The Morgan fingerprint density at radius 3 is 2.53 bits per heavy atom. The molecule has 0 atom stereocenters. The Labute approximate surface area is 179 Å². The molecule has 1 aromatic heterocycles. The summed E-state index contributed by atoms with van der Waals surface area (Å²) in [7, 11) is 0. The van der Waals surface area contributed by atoms with Gasteiger partial charge in [0, 0.05) is 60.1 Å². The molecule has 6 nitrogen and oxygen atoms in total. The topological polar surface area (TPSA) is 72.4 Å². The van der Waals surface area contributed by atoms with Crippen molar-refractivity contribution in [3.05, 3.63) is 65.3 Å². The average Bonchev–Trinajstić information content (AvgIpc) is 2.78. The summed E-state index contributed by atoms with van der Waals surface area (Å²) in [6.45, 7) is 1.22. The summed E-state index contributed by atoms with van der Waals surface area (Å²) < 4.78 is 6.09. The number of halogens is 1. The van der Waals surface area contributed by atoms with Gasteiger partial charge in [0.25, 0.3) is 0 Å². The standard InChI is InChI=1S/C23H22ClN3O3/c24-18-7-5-16(6-8-18)21(28)9-10-22(29)27-13-11-19(12-14-27)30-23-20-4-2-1-3-17(20)15-25-26-23/h1-8,15,19H,9-14H2. The number of aromatic nitrogens is 2. The molecule has 4 rings (SSSR count). The zero-order chi connectivity index (χ0) is 20.9. The molecule has 154 valence electrons. The van der Waals surface area contributed by atoms with Gasteiger partial charge >= 0.3 is 0 Å². The third-order valence-electron chi connectivity index (χ3n) is 5.34. The van der Waals surface area contributed by atoms with Gasteiger partial charge in [0.2, 0.25) is 11.8 Å². The molecule has 7 heteroatoms. The van der Waals surface area contributed by atoms with Crippen LogP contribution in [0.2, 0.25) is 5.02 Å². The highest BCUT2D eigenvalue weighted by Crippen LogP contribution is 2.25. The normalized spacial score (nSPS) is 14.6. The Kier molecular flexibility index (Phi) is 6.23. The molecule has 2 heterocycles. The number of amides is 1. The number of hydrogen-bond acceptors (Lipinski definition) is 5. The van der Waals surface area contributed by atoms with E-state index in [1.165, 1.54) is 0 Å². The van der Waals surface area contributed by atoms with Crippen LogP contribution in [0.3, 0.4) is 0 Å². The van der Waals surface area contributed by atoms with Crippen LogP contribution in [0.4, 0.5) is 0 Å². The van der Waals surface area contributed by atoms with E-state index in [1.807, 2.05) is 29.2 Å². The smallest absolute Gasteiger partial charge is 0.241 e. The third kappa shape index (κ3) is 4.76.